The van der Waals surface area contributed by atoms with Crippen LogP contribution in [0.2, 0.25) is 0 Å². The molecule has 49 heavy (non-hydrogen) atoms. The molecule has 0 N–H and O–H groups in total. The fraction of sp³-hybridized carbons (Fsp3) is 0.227. The predicted octanol–water partition coefficient (Wildman–Crippen LogP) is 11.5. The standard InChI is InChI=1S/C44H34N4O/c1-45-36-15-9-32(10-16-36)42-46-41(31-5-3-2-4-6-31)47-43(48-42)34-12-18-38-37-17-11-33(22-39(37)49-40(38)23-34)30-7-13-35(14-8-30)44-24-27-19-28(25-44)21-29(20-27)26-44/h2-18,22-23,27-29H,19-21,24-26H2. The minimum Gasteiger partial charge on any atom is -0.456 e. The molecule has 236 valence electrons. The van der Waals surface area contributed by atoms with E-state index in [2.05, 4.69) is 59.4 Å². The molecular formula is C44H34N4O. The molecule has 0 radical (unpaired) electrons. The third-order valence-electron chi connectivity index (χ3n) is 11.5. The topological polar surface area (TPSA) is 56.2 Å². The molecule has 11 rings (SSSR count). The van der Waals surface area contributed by atoms with E-state index in [-0.39, 0.29) is 0 Å². The molecule has 0 atom stereocenters. The fourth-order valence-corrected chi connectivity index (χ4v) is 9.61. The Balaban J connectivity index is 0.997. The molecule has 2 heterocycles. The van der Waals surface area contributed by atoms with E-state index in [4.69, 9.17) is 25.9 Å². The van der Waals surface area contributed by atoms with E-state index in [0.29, 0.717) is 28.6 Å². The summed E-state index contributed by atoms with van der Waals surface area (Å²) in [4.78, 5) is 18.1. The Morgan fingerprint density at radius 3 is 1.61 bits per heavy atom. The largest absolute Gasteiger partial charge is 0.456 e. The van der Waals surface area contributed by atoms with Crippen molar-refractivity contribution in [1.29, 1.82) is 0 Å². The van der Waals surface area contributed by atoms with E-state index in [9.17, 15) is 0 Å². The number of fused-ring (bicyclic) bond motifs is 3. The first-order valence-electron chi connectivity index (χ1n) is 17.5. The molecule has 2 aromatic heterocycles. The van der Waals surface area contributed by atoms with Gasteiger partial charge in [0, 0.05) is 27.5 Å². The SMILES string of the molecule is [C-]#[N+]c1ccc(-c2nc(-c3ccccc3)nc(-c3ccc4c(c3)oc3cc(-c5ccc(C67CC8CC(CC(C8)C6)C7)cc5)ccc34)n2)cc1. The highest BCUT2D eigenvalue weighted by atomic mass is 16.3. The van der Waals surface area contributed by atoms with Gasteiger partial charge in [-0.25, -0.2) is 19.8 Å². The van der Waals surface area contributed by atoms with Crippen LogP contribution in [0.25, 0.3) is 72.1 Å². The van der Waals surface area contributed by atoms with E-state index in [1.165, 1.54) is 49.7 Å². The van der Waals surface area contributed by atoms with Crippen molar-refractivity contribution >= 4 is 27.6 Å². The number of rotatable bonds is 5. The summed E-state index contributed by atoms with van der Waals surface area (Å²) in [7, 11) is 0. The summed E-state index contributed by atoms with van der Waals surface area (Å²) in [6, 6.07) is 39.6. The van der Waals surface area contributed by atoms with Gasteiger partial charge in [0.2, 0.25) is 0 Å². The van der Waals surface area contributed by atoms with Crippen molar-refractivity contribution in [2.45, 2.75) is 43.9 Å². The second-order valence-corrected chi connectivity index (χ2v) is 14.6. The maximum atomic E-state index is 7.32. The maximum Gasteiger partial charge on any atom is 0.187 e. The molecule has 0 amide bonds. The van der Waals surface area contributed by atoms with Crippen molar-refractivity contribution in [1.82, 2.24) is 15.0 Å². The van der Waals surface area contributed by atoms with Crippen LogP contribution in [-0.2, 0) is 5.41 Å². The van der Waals surface area contributed by atoms with Crippen LogP contribution in [0.15, 0.2) is 120 Å². The van der Waals surface area contributed by atoms with E-state index in [0.717, 1.165) is 56.4 Å². The lowest BCUT2D eigenvalue weighted by Gasteiger charge is -2.57. The highest BCUT2D eigenvalue weighted by molar-refractivity contribution is 6.06. The Morgan fingerprint density at radius 2 is 1.02 bits per heavy atom. The molecule has 5 nitrogen and oxygen atoms in total. The number of benzene rings is 5. The van der Waals surface area contributed by atoms with E-state index in [1.807, 2.05) is 48.5 Å². The van der Waals surface area contributed by atoms with Crippen LogP contribution in [0, 0.1) is 24.3 Å². The minimum atomic E-state index is 0.415. The van der Waals surface area contributed by atoms with Crippen molar-refractivity contribution in [2.75, 3.05) is 0 Å². The molecule has 4 fully saturated rings. The Hall–Kier alpha value is -5.60. The van der Waals surface area contributed by atoms with Crippen LogP contribution >= 0.6 is 0 Å². The molecule has 7 aromatic rings. The third-order valence-corrected chi connectivity index (χ3v) is 11.5. The first-order chi connectivity index (χ1) is 24.1. The van der Waals surface area contributed by atoms with Gasteiger partial charge in [-0.05, 0) is 103 Å². The lowest BCUT2D eigenvalue weighted by molar-refractivity contribution is -0.00518. The van der Waals surface area contributed by atoms with Crippen molar-refractivity contribution in [3.8, 4) is 45.3 Å². The Kier molecular flexibility index (Phi) is 6.36. The minimum absolute atomic E-state index is 0.415. The zero-order valence-corrected chi connectivity index (χ0v) is 27.1. The van der Waals surface area contributed by atoms with Gasteiger partial charge < -0.3 is 4.42 Å². The lowest BCUT2D eigenvalue weighted by Crippen LogP contribution is -2.48. The van der Waals surface area contributed by atoms with Gasteiger partial charge in [-0.3, -0.25) is 0 Å². The zero-order valence-electron chi connectivity index (χ0n) is 27.1. The highest BCUT2D eigenvalue weighted by Gasteiger charge is 2.51. The number of aromatic nitrogens is 3. The van der Waals surface area contributed by atoms with Crippen LogP contribution in [0.1, 0.15) is 44.1 Å². The van der Waals surface area contributed by atoms with Gasteiger partial charge in [0.25, 0.3) is 0 Å². The second-order valence-electron chi connectivity index (χ2n) is 14.6. The van der Waals surface area contributed by atoms with E-state index >= 15 is 0 Å². The Bertz CT molecular complexity index is 2380. The average Bonchev–Trinajstić information content (AvgIpc) is 3.52. The summed E-state index contributed by atoms with van der Waals surface area (Å²) >= 11 is 0. The van der Waals surface area contributed by atoms with Crippen LogP contribution in [0.4, 0.5) is 5.69 Å². The third kappa shape index (κ3) is 4.85. The first kappa shape index (κ1) is 28.4. The number of furan rings is 1. The smallest absolute Gasteiger partial charge is 0.187 e. The van der Waals surface area contributed by atoms with Gasteiger partial charge in [0.05, 0.1) is 6.57 Å². The molecule has 5 heteroatoms. The molecular weight excluding hydrogens is 601 g/mol. The van der Waals surface area contributed by atoms with Crippen molar-refractivity contribution in [3.63, 3.8) is 0 Å². The van der Waals surface area contributed by atoms with Crippen molar-refractivity contribution in [2.24, 2.45) is 17.8 Å². The Labute approximate surface area is 285 Å². The first-order valence-corrected chi connectivity index (χ1v) is 17.5. The molecule has 4 bridgehead atoms. The van der Waals surface area contributed by atoms with Gasteiger partial charge in [-0.15, -0.1) is 0 Å². The quantitative estimate of drug-likeness (QED) is 0.177. The van der Waals surface area contributed by atoms with Gasteiger partial charge in [0.15, 0.2) is 23.2 Å². The van der Waals surface area contributed by atoms with Gasteiger partial charge in [-0.2, -0.15) is 0 Å². The molecule has 4 aliphatic carbocycles. The number of nitrogens with zero attached hydrogens (tertiary/aromatic N) is 4. The Morgan fingerprint density at radius 1 is 0.531 bits per heavy atom. The summed E-state index contributed by atoms with van der Waals surface area (Å²) in [5.74, 6) is 4.57. The molecule has 4 aliphatic rings. The average molecular weight is 635 g/mol. The van der Waals surface area contributed by atoms with Crippen LogP contribution in [0.3, 0.4) is 0 Å². The van der Waals surface area contributed by atoms with Crippen LogP contribution in [0.5, 0.6) is 0 Å². The molecule has 0 aliphatic heterocycles. The monoisotopic (exact) mass is 634 g/mol. The summed E-state index contributed by atoms with van der Waals surface area (Å²) in [6.45, 7) is 7.32. The summed E-state index contributed by atoms with van der Waals surface area (Å²) in [6.07, 6.45) is 8.59. The summed E-state index contributed by atoms with van der Waals surface area (Å²) < 4.78 is 6.52. The molecule has 0 spiro atoms. The highest BCUT2D eigenvalue weighted by Crippen LogP contribution is 2.60. The summed E-state index contributed by atoms with van der Waals surface area (Å²) in [5, 5.41) is 2.16. The normalized spacial score (nSPS) is 22.5. The van der Waals surface area contributed by atoms with Crippen LogP contribution < -0.4 is 0 Å². The van der Waals surface area contributed by atoms with Gasteiger partial charge in [-0.1, -0.05) is 91.0 Å². The molecule has 0 unspecified atom stereocenters. The fourth-order valence-electron chi connectivity index (χ4n) is 9.61. The van der Waals surface area contributed by atoms with Crippen molar-refractivity contribution < 1.29 is 4.42 Å². The van der Waals surface area contributed by atoms with E-state index in [1.54, 1.807) is 17.7 Å². The lowest BCUT2D eigenvalue weighted by atomic mass is 9.48. The maximum absolute atomic E-state index is 7.32. The summed E-state index contributed by atoms with van der Waals surface area (Å²) in [5.41, 5.74) is 9.21. The van der Waals surface area contributed by atoms with E-state index < -0.39 is 0 Å². The molecule has 5 aromatic carbocycles. The molecule has 0 saturated heterocycles. The zero-order chi connectivity index (χ0) is 32.5. The predicted molar refractivity (Wildman–Crippen MR) is 195 cm³/mol. The van der Waals surface area contributed by atoms with Crippen LogP contribution in [-0.4, -0.2) is 15.0 Å². The molecule has 4 saturated carbocycles. The number of hydrogen-bond acceptors (Lipinski definition) is 4. The van der Waals surface area contributed by atoms with Gasteiger partial charge in [0.1, 0.15) is 11.2 Å². The van der Waals surface area contributed by atoms with Gasteiger partial charge >= 0.3 is 0 Å². The second kappa shape index (κ2) is 11.0. The number of hydrogen-bond donors (Lipinski definition) is 0. The van der Waals surface area contributed by atoms with Crippen molar-refractivity contribution in [3.05, 3.63) is 132 Å².